The van der Waals surface area contributed by atoms with E-state index in [1.807, 2.05) is 5.32 Å². The SMILES string of the molecule is O=C(CSc1c(F)c(F)c(F)c(F)c1F)NC(=O)c1ccccc1. The first-order valence-electron chi connectivity index (χ1n) is 6.36. The van der Waals surface area contributed by atoms with Gasteiger partial charge in [0.1, 0.15) is 0 Å². The van der Waals surface area contributed by atoms with Crippen molar-refractivity contribution >= 4 is 23.6 Å². The van der Waals surface area contributed by atoms with Gasteiger partial charge in [-0.25, -0.2) is 22.0 Å². The summed E-state index contributed by atoms with van der Waals surface area (Å²) < 4.78 is 65.8. The summed E-state index contributed by atoms with van der Waals surface area (Å²) in [7, 11) is 0. The molecule has 24 heavy (non-hydrogen) atoms. The predicted molar refractivity (Wildman–Crippen MR) is 75.9 cm³/mol. The topological polar surface area (TPSA) is 46.2 Å². The maximum absolute atomic E-state index is 13.4. The van der Waals surface area contributed by atoms with E-state index in [-0.39, 0.29) is 17.3 Å². The largest absolute Gasteiger partial charge is 0.292 e. The second kappa shape index (κ2) is 7.43. The number of carbonyl (C=O) groups is 2. The number of carbonyl (C=O) groups excluding carboxylic acids is 2. The summed E-state index contributed by atoms with van der Waals surface area (Å²) in [4.78, 5) is 22.1. The molecule has 0 bridgehead atoms. The molecule has 0 unspecified atom stereocenters. The Morgan fingerprint density at radius 2 is 1.33 bits per heavy atom. The van der Waals surface area contributed by atoms with Gasteiger partial charge >= 0.3 is 0 Å². The van der Waals surface area contributed by atoms with Gasteiger partial charge in [0.25, 0.3) is 5.91 Å². The van der Waals surface area contributed by atoms with Gasteiger partial charge in [-0.3, -0.25) is 14.9 Å². The van der Waals surface area contributed by atoms with Crippen LogP contribution in [0.1, 0.15) is 10.4 Å². The highest BCUT2D eigenvalue weighted by molar-refractivity contribution is 8.00. The van der Waals surface area contributed by atoms with Crippen molar-refractivity contribution in [3.63, 3.8) is 0 Å². The van der Waals surface area contributed by atoms with Crippen LogP contribution in [0.25, 0.3) is 0 Å². The maximum Gasteiger partial charge on any atom is 0.257 e. The van der Waals surface area contributed by atoms with Crippen molar-refractivity contribution in [2.45, 2.75) is 4.90 Å². The zero-order valence-electron chi connectivity index (χ0n) is 11.7. The molecular weight excluding hydrogens is 353 g/mol. The van der Waals surface area contributed by atoms with E-state index >= 15 is 0 Å². The average Bonchev–Trinajstić information content (AvgIpc) is 2.59. The molecule has 9 heteroatoms. The first-order chi connectivity index (χ1) is 11.3. The minimum atomic E-state index is -2.28. The highest BCUT2D eigenvalue weighted by atomic mass is 32.2. The number of benzene rings is 2. The lowest BCUT2D eigenvalue weighted by molar-refractivity contribution is -0.117. The molecular formula is C15H8F5NO2S. The van der Waals surface area contributed by atoms with E-state index < -0.39 is 51.5 Å². The third-order valence-electron chi connectivity index (χ3n) is 2.81. The van der Waals surface area contributed by atoms with Gasteiger partial charge in [-0.15, -0.1) is 11.8 Å². The van der Waals surface area contributed by atoms with E-state index in [9.17, 15) is 31.5 Å². The van der Waals surface area contributed by atoms with Crippen molar-refractivity contribution in [2.24, 2.45) is 0 Å². The van der Waals surface area contributed by atoms with Crippen molar-refractivity contribution in [1.29, 1.82) is 0 Å². The molecule has 2 aromatic rings. The first-order valence-corrected chi connectivity index (χ1v) is 7.35. The number of nitrogens with one attached hydrogen (secondary N) is 1. The zero-order valence-corrected chi connectivity index (χ0v) is 12.5. The van der Waals surface area contributed by atoms with Crippen molar-refractivity contribution in [1.82, 2.24) is 5.32 Å². The summed E-state index contributed by atoms with van der Waals surface area (Å²) in [6.45, 7) is 0. The number of imide groups is 1. The van der Waals surface area contributed by atoms with E-state index in [1.54, 1.807) is 18.2 Å². The summed E-state index contributed by atoms with van der Waals surface area (Å²) in [5.41, 5.74) is 0.173. The molecule has 0 saturated heterocycles. The van der Waals surface area contributed by atoms with Gasteiger partial charge < -0.3 is 0 Å². The van der Waals surface area contributed by atoms with Crippen LogP contribution in [-0.2, 0) is 4.79 Å². The van der Waals surface area contributed by atoms with Crippen molar-refractivity contribution in [2.75, 3.05) is 5.75 Å². The summed E-state index contributed by atoms with van der Waals surface area (Å²) in [5.74, 6) is -12.9. The van der Waals surface area contributed by atoms with Crippen LogP contribution >= 0.6 is 11.8 Å². The molecule has 0 aliphatic carbocycles. The Morgan fingerprint density at radius 3 is 1.88 bits per heavy atom. The first kappa shape index (κ1) is 17.9. The van der Waals surface area contributed by atoms with Crippen molar-refractivity contribution in [3.05, 3.63) is 65.0 Å². The van der Waals surface area contributed by atoms with Gasteiger partial charge in [-0.05, 0) is 12.1 Å². The Morgan fingerprint density at radius 1 is 0.833 bits per heavy atom. The molecule has 0 aliphatic heterocycles. The van der Waals surface area contributed by atoms with E-state index in [0.717, 1.165) is 0 Å². The molecule has 0 radical (unpaired) electrons. The summed E-state index contributed by atoms with van der Waals surface area (Å²) in [6.07, 6.45) is 0. The van der Waals surface area contributed by atoms with Crippen LogP contribution in [0.15, 0.2) is 35.2 Å². The van der Waals surface area contributed by atoms with Crippen molar-refractivity contribution < 1.29 is 31.5 Å². The van der Waals surface area contributed by atoms with E-state index in [1.165, 1.54) is 12.1 Å². The van der Waals surface area contributed by atoms with Crippen LogP contribution in [0.4, 0.5) is 22.0 Å². The second-order valence-corrected chi connectivity index (χ2v) is 5.42. The third-order valence-corrected chi connectivity index (χ3v) is 3.86. The fraction of sp³-hybridized carbons (Fsp3) is 0.0667. The molecule has 0 spiro atoms. The molecule has 3 nitrogen and oxygen atoms in total. The molecule has 126 valence electrons. The average molecular weight is 361 g/mol. The third kappa shape index (κ3) is 3.73. The van der Waals surface area contributed by atoms with Gasteiger partial charge in [-0.1, -0.05) is 18.2 Å². The van der Waals surface area contributed by atoms with Gasteiger partial charge in [-0.2, -0.15) is 0 Å². The molecule has 1 N–H and O–H groups in total. The van der Waals surface area contributed by atoms with E-state index in [0.29, 0.717) is 0 Å². The molecule has 0 aromatic heterocycles. The lowest BCUT2D eigenvalue weighted by Crippen LogP contribution is -2.31. The smallest absolute Gasteiger partial charge is 0.257 e. The molecule has 0 heterocycles. The number of hydrogen-bond acceptors (Lipinski definition) is 3. The highest BCUT2D eigenvalue weighted by Gasteiger charge is 2.26. The Kier molecular flexibility index (Phi) is 5.55. The highest BCUT2D eigenvalue weighted by Crippen LogP contribution is 2.30. The van der Waals surface area contributed by atoms with Gasteiger partial charge in [0.15, 0.2) is 23.3 Å². The van der Waals surface area contributed by atoms with E-state index in [2.05, 4.69) is 0 Å². The Balaban J connectivity index is 2.06. The summed E-state index contributed by atoms with van der Waals surface area (Å²) >= 11 is 0.0951. The Labute approximate surface area is 136 Å². The number of amides is 2. The predicted octanol–water partition coefficient (Wildman–Crippen LogP) is 3.43. The lowest BCUT2D eigenvalue weighted by Gasteiger charge is -2.08. The maximum atomic E-state index is 13.4. The van der Waals surface area contributed by atoms with E-state index in [4.69, 9.17) is 0 Å². The van der Waals surface area contributed by atoms with Gasteiger partial charge in [0.2, 0.25) is 11.7 Å². The monoisotopic (exact) mass is 361 g/mol. The Hall–Kier alpha value is -2.42. The van der Waals surface area contributed by atoms with Crippen LogP contribution in [0.2, 0.25) is 0 Å². The summed E-state index contributed by atoms with van der Waals surface area (Å²) in [6, 6.07) is 7.63. The number of rotatable bonds is 4. The quantitative estimate of drug-likeness (QED) is 0.393. The minimum absolute atomic E-state index is 0.0951. The second-order valence-electron chi connectivity index (χ2n) is 4.43. The molecule has 2 rings (SSSR count). The van der Waals surface area contributed by atoms with Crippen LogP contribution in [0.5, 0.6) is 0 Å². The van der Waals surface area contributed by atoms with Crippen LogP contribution < -0.4 is 5.32 Å². The fourth-order valence-corrected chi connectivity index (χ4v) is 2.45. The van der Waals surface area contributed by atoms with Gasteiger partial charge in [0, 0.05) is 5.56 Å². The molecule has 2 amide bonds. The van der Waals surface area contributed by atoms with Crippen LogP contribution in [0, 0.1) is 29.1 Å². The number of thioether (sulfide) groups is 1. The van der Waals surface area contributed by atoms with Gasteiger partial charge in [0.05, 0.1) is 10.6 Å². The van der Waals surface area contributed by atoms with Crippen LogP contribution in [-0.4, -0.2) is 17.6 Å². The van der Waals surface area contributed by atoms with Crippen molar-refractivity contribution in [3.8, 4) is 0 Å². The lowest BCUT2D eigenvalue weighted by atomic mass is 10.2. The van der Waals surface area contributed by atoms with Crippen LogP contribution in [0.3, 0.4) is 0 Å². The zero-order chi connectivity index (χ0) is 17.9. The fourth-order valence-electron chi connectivity index (χ4n) is 1.67. The summed E-state index contributed by atoms with van der Waals surface area (Å²) in [5, 5.41) is 1.94. The minimum Gasteiger partial charge on any atom is -0.292 e. The standard InChI is InChI=1S/C15H8F5NO2S/c16-9-10(17)12(19)14(13(20)11(9)18)24-6-8(22)21-15(23)7-4-2-1-3-5-7/h1-5H,6H2,(H,21,22,23). The Bertz CT molecular complexity index is 769. The molecule has 0 fully saturated rings. The molecule has 0 saturated carbocycles. The molecule has 0 atom stereocenters. The normalized spacial score (nSPS) is 10.5. The molecule has 2 aromatic carbocycles. The number of halogens is 5. The number of hydrogen-bond donors (Lipinski definition) is 1. The molecule has 0 aliphatic rings.